The third kappa shape index (κ3) is 5.42. The molecule has 1 aliphatic rings. The molecule has 186 valence electrons. The third-order valence-electron chi connectivity index (χ3n) is 6.82. The minimum atomic E-state index is -0.969. The van der Waals surface area contributed by atoms with Crippen molar-refractivity contribution in [1.82, 2.24) is 9.55 Å². The van der Waals surface area contributed by atoms with Crippen LogP contribution in [0.5, 0.6) is 5.75 Å². The Morgan fingerprint density at radius 1 is 1.17 bits per heavy atom. The molecule has 8 heteroatoms. The lowest BCUT2D eigenvalue weighted by molar-refractivity contribution is -0.136. The molecule has 3 N–H and O–H groups in total. The van der Waals surface area contributed by atoms with E-state index in [1.54, 1.807) is 31.4 Å². The molecule has 2 aromatic carbocycles. The van der Waals surface area contributed by atoms with Crippen molar-refractivity contribution in [1.29, 1.82) is 0 Å². The maximum atomic E-state index is 11.2. The Labute approximate surface area is 204 Å². The number of hydrogen-bond acceptors (Lipinski definition) is 5. The van der Waals surface area contributed by atoms with Gasteiger partial charge in [-0.05, 0) is 72.9 Å². The molecule has 0 radical (unpaired) electrons. The molecule has 8 nitrogen and oxygen atoms in total. The normalized spacial score (nSPS) is 19.4. The van der Waals surface area contributed by atoms with Gasteiger partial charge in [0.05, 0.1) is 23.7 Å². The van der Waals surface area contributed by atoms with E-state index in [2.05, 4.69) is 30.7 Å². The summed E-state index contributed by atoms with van der Waals surface area (Å²) < 4.78 is 7.88. The molecular formula is C27H33N3O5. The van der Waals surface area contributed by atoms with Gasteiger partial charge in [0.1, 0.15) is 5.75 Å². The number of anilines is 2. The number of aromatic nitrogens is 2. The number of nitrogens with zero attached hydrogens (tertiary/aromatic N) is 2. The smallest absolute Gasteiger partial charge is 0.335 e. The van der Waals surface area contributed by atoms with Crippen molar-refractivity contribution in [2.24, 2.45) is 11.3 Å². The molecule has 1 aliphatic carbocycles. The van der Waals surface area contributed by atoms with Gasteiger partial charge in [-0.1, -0.05) is 20.8 Å². The fourth-order valence-corrected chi connectivity index (χ4v) is 5.57. The van der Waals surface area contributed by atoms with Crippen LogP contribution >= 0.6 is 0 Å². The van der Waals surface area contributed by atoms with Gasteiger partial charge < -0.3 is 24.8 Å². The van der Waals surface area contributed by atoms with Gasteiger partial charge in [-0.25, -0.2) is 9.78 Å². The van der Waals surface area contributed by atoms with E-state index in [0.717, 1.165) is 41.5 Å². The van der Waals surface area contributed by atoms with Gasteiger partial charge in [0.25, 0.3) is 0 Å². The molecule has 0 saturated heterocycles. The molecule has 1 aromatic heterocycles. The monoisotopic (exact) mass is 479 g/mol. The minimum absolute atomic E-state index is 0.0118. The Hall–Kier alpha value is -3.55. The van der Waals surface area contributed by atoms with Crippen molar-refractivity contribution in [3.8, 4) is 5.75 Å². The summed E-state index contributed by atoms with van der Waals surface area (Å²) in [4.78, 5) is 27.3. The standard InChI is InChI=1S/C27H33N3O5/c1-16-11-20(15-27(2,3)14-16)30-22-13-23(35-4)18(7-10-24(31)32)12-21(22)29-26(30)28-19-8-5-17(6-9-19)25(33)34/h5-6,8-9,12-13,16,20H,7,10-11,14-15H2,1-4H3,(H,28,29)(H,31,32)(H,33,34)/t16-,20-/m1/s1. The van der Waals surface area contributed by atoms with Crippen LogP contribution in [-0.4, -0.2) is 38.8 Å². The molecule has 1 saturated carbocycles. The summed E-state index contributed by atoms with van der Waals surface area (Å²) >= 11 is 0. The second-order valence-electron chi connectivity index (χ2n) is 10.4. The van der Waals surface area contributed by atoms with E-state index in [4.69, 9.17) is 14.8 Å². The Morgan fingerprint density at radius 3 is 2.49 bits per heavy atom. The number of benzene rings is 2. The first-order chi connectivity index (χ1) is 16.6. The van der Waals surface area contributed by atoms with Crippen molar-refractivity contribution in [3.63, 3.8) is 0 Å². The Kier molecular flexibility index (Phi) is 6.74. The number of hydrogen-bond donors (Lipinski definition) is 3. The topological polar surface area (TPSA) is 114 Å². The SMILES string of the molecule is COc1cc2c(cc1CCC(=O)O)nc(Nc1ccc(C(=O)O)cc1)n2[C@@H]1C[C@@H](C)CC(C)(C)C1. The van der Waals surface area contributed by atoms with Gasteiger partial charge >= 0.3 is 11.9 Å². The second kappa shape index (κ2) is 9.60. The molecule has 3 aromatic rings. The molecule has 0 bridgehead atoms. The lowest BCUT2D eigenvalue weighted by Crippen LogP contribution is -2.29. The van der Waals surface area contributed by atoms with Crippen LogP contribution in [0.1, 0.15) is 68.4 Å². The summed E-state index contributed by atoms with van der Waals surface area (Å²) in [7, 11) is 1.60. The van der Waals surface area contributed by atoms with Crippen molar-refractivity contribution in [2.75, 3.05) is 12.4 Å². The van der Waals surface area contributed by atoms with Crippen molar-refractivity contribution in [2.45, 2.75) is 58.9 Å². The maximum absolute atomic E-state index is 11.2. The average molecular weight is 480 g/mol. The fourth-order valence-electron chi connectivity index (χ4n) is 5.57. The number of carboxylic acid groups (broad SMARTS) is 2. The summed E-state index contributed by atoms with van der Waals surface area (Å²) in [6.45, 7) is 6.89. The van der Waals surface area contributed by atoms with Crippen LogP contribution < -0.4 is 10.1 Å². The number of aryl methyl sites for hydroxylation is 1. The molecule has 2 atom stereocenters. The molecular weight excluding hydrogens is 446 g/mol. The number of aliphatic carboxylic acids is 1. The van der Waals surface area contributed by atoms with E-state index >= 15 is 0 Å². The number of methoxy groups -OCH3 is 1. The largest absolute Gasteiger partial charge is 0.496 e. The zero-order valence-electron chi connectivity index (χ0n) is 20.7. The van der Waals surface area contributed by atoms with Crippen molar-refractivity contribution in [3.05, 3.63) is 47.5 Å². The zero-order valence-corrected chi connectivity index (χ0v) is 20.7. The molecule has 35 heavy (non-hydrogen) atoms. The minimum Gasteiger partial charge on any atom is -0.496 e. The van der Waals surface area contributed by atoms with Crippen LogP contribution in [0, 0.1) is 11.3 Å². The highest BCUT2D eigenvalue weighted by Gasteiger charge is 2.35. The molecule has 1 heterocycles. The molecule has 0 aliphatic heterocycles. The van der Waals surface area contributed by atoms with Gasteiger partial charge in [-0.3, -0.25) is 4.79 Å². The number of aromatic carboxylic acids is 1. The van der Waals surface area contributed by atoms with E-state index < -0.39 is 11.9 Å². The summed E-state index contributed by atoms with van der Waals surface area (Å²) in [6, 6.07) is 10.7. The fraction of sp³-hybridized carbons (Fsp3) is 0.444. The lowest BCUT2D eigenvalue weighted by atomic mass is 9.70. The molecule has 0 amide bonds. The zero-order chi connectivity index (χ0) is 25.3. The maximum Gasteiger partial charge on any atom is 0.335 e. The van der Waals surface area contributed by atoms with Crippen LogP contribution in [0.2, 0.25) is 0 Å². The molecule has 4 rings (SSSR count). The van der Waals surface area contributed by atoms with Crippen LogP contribution in [0.15, 0.2) is 36.4 Å². The average Bonchev–Trinajstić information content (AvgIpc) is 3.12. The summed E-state index contributed by atoms with van der Waals surface area (Å²) in [5, 5.41) is 21.8. The predicted molar refractivity (Wildman–Crippen MR) is 135 cm³/mol. The number of carbonyl (C=O) groups is 2. The summed E-state index contributed by atoms with van der Waals surface area (Å²) in [5.41, 5.74) is 3.66. The van der Waals surface area contributed by atoms with E-state index in [9.17, 15) is 14.7 Å². The van der Waals surface area contributed by atoms with Crippen LogP contribution in [-0.2, 0) is 11.2 Å². The molecule has 0 spiro atoms. The first-order valence-corrected chi connectivity index (χ1v) is 12.0. The lowest BCUT2D eigenvalue weighted by Gasteiger charge is -2.40. The molecule has 1 fully saturated rings. The van der Waals surface area contributed by atoms with Gasteiger partial charge in [-0.15, -0.1) is 0 Å². The quantitative estimate of drug-likeness (QED) is 0.369. The van der Waals surface area contributed by atoms with E-state index in [1.807, 2.05) is 12.1 Å². The van der Waals surface area contributed by atoms with Crippen molar-refractivity contribution < 1.29 is 24.5 Å². The highest BCUT2D eigenvalue weighted by Crippen LogP contribution is 2.46. The highest BCUT2D eigenvalue weighted by molar-refractivity contribution is 5.88. The van der Waals surface area contributed by atoms with Crippen LogP contribution in [0.4, 0.5) is 11.6 Å². The first-order valence-electron chi connectivity index (χ1n) is 12.0. The predicted octanol–water partition coefficient (Wildman–Crippen LogP) is 5.89. The Morgan fingerprint density at radius 2 is 1.89 bits per heavy atom. The van der Waals surface area contributed by atoms with Crippen molar-refractivity contribution >= 4 is 34.6 Å². The Balaban J connectivity index is 1.81. The molecule has 0 unspecified atom stereocenters. The number of rotatable bonds is 8. The number of ether oxygens (including phenoxy) is 1. The van der Waals surface area contributed by atoms with Gasteiger partial charge in [0.2, 0.25) is 5.95 Å². The Bertz CT molecular complexity index is 1250. The van der Waals surface area contributed by atoms with E-state index in [1.165, 1.54) is 0 Å². The summed E-state index contributed by atoms with van der Waals surface area (Å²) in [6.07, 6.45) is 3.55. The number of fused-ring (bicyclic) bond motifs is 1. The number of carboxylic acids is 2. The summed E-state index contributed by atoms with van der Waals surface area (Å²) in [5.74, 6) is 0.0582. The van der Waals surface area contributed by atoms with Crippen LogP contribution in [0.3, 0.4) is 0 Å². The van der Waals surface area contributed by atoms with Gasteiger partial charge in [0, 0.05) is 24.2 Å². The second-order valence-corrected chi connectivity index (χ2v) is 10.4. The van der Waals surface area contributed by atoms with E-state index in [-0.39, 0.29) is 23.4 Å². The van der Waals surface area contributed by atoms with Gasteiger partial charge in [0.15, 0.2) is 0 Å². The third-order valence-corrected chi connectivity index (χ3v) is 6.82. The first kappa shape index (κ1) is 24.6. The van der Waals surface area contributed by atoms with Gasteiger partial charge in [-0.2, -0.15) is 0 Å². The number of nitrogens with one attached hydrogen (secondary N) is 1. The van der Waals surface area contributed by atoms with E-state index in [0.29, 0.717) is 24.0 Å². The van der Waals surface area contributed by atoms with Crippen LogP contribution in [0.25, 0.3) is 11.0 Å². The number of imidazole rings is 1. The highest BCUT2D eigenvalue weighted by atomic mass is 16.5.